The van der Waals surface area contributed by atoms with Crippen molar-refractivity contribution in [1.29, 1.82) is 0 Å². The Kier molecular flexibility index (Phi) is 4.56. The second-order valence-electron chi connectivity index (χ2n) is 5.40. The second kappa shape index (κ2) is 6.05. The molecule has 21 heavy (non-hydrogen) atoms. The Morgan fingerprint density at radius 2 is 1.81 bits per heavy atom. The molecule has 1 aromatic carbocycles. The number of carbonyl (C=O) groups is 1. The molecule has 5 nitrogen and oxygen atoms in total. The molecule has 0 aromatic heterocycles. The summed E-state index contributed by atoms with van der Waals surface area (Å²) in [4.78, 5) is 11.8. The molecule has 0 bridgehead atoms. The molecule has 1 aliphatic rings. The summed E-state index contributed by atoms with van der Waals surface area (Å²) in [5.41, 5.74) is 0. The van der Waals surface area contributed by atoms with E-state index in [0.29, 0.717) is 18.6 Å². The van der Waals surface area contributed by atoms with E-state index in [9.17, 15) is 18.3 Å². The van der Waals surface area contributed by atoms with Crippen LogP contribution in [0.25, 0.3) is 0 Å². The van der Waals surface area contributed by atoms with Crippen molar-refractivity contribution >= 4 is 15.8 Å². The van der Waals surface area contributed by atoms with Gasteiger partial charge in [-0.25, -0.2) is 8.42 Å². The van der Waals surface area contributed by atoms with Gasteiger partial charge in [-0.15, -0.1) is 0 Å². The van der Waals surface area contributed by atoms with Crippen LogP contribution in [0.1, 0.15) is 38.5 Å². The minimum atomic E-state index is -3.96. The first kappa shape index (κ1) is 15.8. The molecule has 0 amide bonds. The SMILES string of the molecule is COc1cccc(S(=O)(=O)C2(C(=O)O)CCCCCC2)c1. The zero-order chi connectivity index (χ0) is 15.5. The fourth-order valence-corrected chi connectivity index (χ4v) is 4.93. The van der Waals surface area contributed by atoms with Gasteiger partial charge in [-0.05, 0) is 31.0 Å². The van der Waals surface area contributed by atoms with E-state index in [4.69, 9.17) is 4.74 Å². The van der Waals surface area contributed by atoms with Gasteiger partial charge in [0.25, 0.3) is 0 Å². The van der Waals surface area contributed by atoms with Crippen molar-refractivity contribution in [2.24, 2.45) is 0 Å². The molecule has 1 aromatic rings. The molecular weight excluding hydrogens is 292 g/mol. The standard InChI is InChI=1S/C15H20O5S/c1-20-12-7-6-8-13(11-12)21(18,19)15(14(16)17)9-4-2-3-5-10-15/h6-8,11H,2-5,9-10H2,1H3,(H,16,17). The van der Waals surface area contributed by atoms with Crippen LogP contribution in [-0.2, 0) is 14.6 Å². The number of benzene rings is 1. The molecule has 1 aliphatic carbocycles. The lowest BCUT2D eigenvalue weighted by Gasteiger charge is -2.28. The van der Waals surface area contributed by atoms with Crippen LogP contribution in [0.2, 0.25) is 0 Å². The first-order valence-corrected chi connectivity index (χ1v) is 8.54. The van der Waals surface area contributed by atoms with Crippen LogP contribution in [-0.4, -0.2) is 31.4 Å². The maximum Gasteiger partial charge on any atom is 0.325 e. The van der Waals surface area contributed by atoms with Gasteiger partial charge in [-0.3, -0.25) is 4.79 Å². The maximum absolute atomic E-state index is 12.9. The number of hydrogen-bond acceptors (Lipinski definition) is 4. The molecule has 1 fully saturated rings. The number of hydrogen-bond donors (Lipinski definition) is 1. The molecular formula is C15H20O5S. The van der Waals surface area contributed by atoms with Crippen LogP contribution >= 0.6 is 0 Å². The number of aliphatic carboxylic acids is 1. The lowest BCUT2D eigenvalue weighted by molar-refractivity contribution is -0.140. The van der Waals surface area contributed by atoms with Crippen molar-refractivity contribution in [3.8, 4) is 5.75 Å². The highest BCUT2D eigenvalue weighted by atomic mass is 32.2. The third-order valence-corrected chi connectivity index (χ3v) is 6.65. The van der Waals surface area contributed by atoms with Gasteiger partial charge >= 0.3 is 5.97 Å². The van der Waals surface area contributed by atoms with E-state index >= 15 is 0 Å². The zero-order valence-electron chi connectivity index (χ0n) is 12.0. The minimum absolute atomic E-state index is 0.0196. The Morgan fingerprint density at radius 3 is 2.33 bits per heavy atom. The number of ether oxygens (including phenoxy) is 1. The quantitative estimate of drug-likeness (QED) is 0.864. The van der Waals surface area contributed by atoms with Gasteiger partial charge in [0.15, 0.2) is 14.6 Å². The number of rotatable bonds is 4. The van der Waals surface area contributed by atoms with E-state index in [0.717, 1.165) is 12.8 Å². The van der Waals surface area contributed by atoms with Gasteiger partial charge in [0.05, 0.1) is 12.0 Å². The van der Waals surface area contributed by atoms with Crippen molar-refractivity contribution in [2.75, 3.05) is 7.11 Å². The molecule has 0 unspecified atom stereocenters. The monoisotopic (exact) mass is 312 g/mol. The zero-order valence-corrected chi connectivity index (χ0v) is 12.9. The Labute approximate surface area is 124 Å². The lowest BCUT2D eigenvalue weighted by atomic mass is 9.99. The normalized spacial score (nSPS) is 18.7. The van der Waals surface area contributed by atoms with E-state index < -0.39 is 20.6 Å². The highest BCUT2D eigenvalue weighted by Crippen LogP contribution is 2.39. The molecule has 0 spiro atoms. The lowest BCUT2D eigenvalue weighted by Crippen LogP contribution is -2.46. The number of sulfone groups is 1. The van der Waals surface area contributed by atoms with Gasteiger partial charge in [0.1, 0.15) is 5.75 Å². The Hall–Kier alpha value is -1.56. The summed E-state index contributed by atoms with van der Waals surface area (Å²) in [5, 5.41) is 9.63. The number of carboxylic acid groups (broad SMARTS) is 1. The Morgan fingerprint density at radius 1 is 1.19 bits per heavy atom. The second-order valence-corrected chi connectivity index (χ2v) is 7.66. The van der Waals surface area contributed by atoms with E-state index in [1.54, 1.807) is 12.1 Å². The highest BCUT2D eigenvalue weighted by molar-refractivity contribution is 7.93. The molecule has 0 saturated heterocycles. The predicted octanol–water partition coefficient (Wildman–Crippen LogP) is 2.65. The highest BCUT2D eigenvalue weighted by Gasteiger charge is 2.51. The fraction of sp³-hybridized carbons (Fsp3) is 0.533. The van der Waals surface area contributed by atoms with Crippen molar-refractivity contribution in [2.45, 2.75) is 48.2 Å². The van der Waals surface area contributed by atoms with Gasteiger partial charge in [-0.2, -0.15) is 0 Å². The molecule has 116 valence electrons. The van der Waals surface area contributed by atoms with Crippen molar-refractivity contribution in [3.05, 3.63) is 24.3 Å². The Bertz CT molecular complexity index is 613. The minimum Gasteiger partial charge on any atom is -0.497 e. The molecule has 0 radical (unpaired) electrons. The van der Waals surface area contributed by atoms with Crippen molar-refractivity contribution in [1.82, 2.24) is 0 Å². The van der Waals surface area contributed by atoms with Gasteiger partial charge in [0.2, 0.25) is 0 Å². The van der Waals surface area contributed by atoms with Crippen LogP contribution in [0.5, 0.6) is 5.75 Å². The third-order valence-electron chi connectivity index (χ3n) is 4.17. The van der Waals surface area contributed by atoms with Crippen molar-refractivity contribution < 1.29 is 23.1 Å². The molecule has 1 saturated carbocycles. The largest absolute Gasteiger partial charge is 0.497 e. The molecule has 2 rings (SSSR count). The van der Waals surface area contributed by atoms with E-state index in [-0.39, 0.29) is 17.7 Å². The van der Waals surface area contributed by atoms with Crippen LogP contribution < -0.4 is 4.74 Å². The van der Waals surface area contributed by atoms with Gasteiger partial charge in [0, 0.05) is 0 Å². The molecule has 0 atom stereocenters. The summed E-state index contributed by atoms with van der Waals surface area (Å²) in [6.45, 7) is 0. The maximum atomic E-state index is 12.9. The summed E-state index contributed by atoms with van der Waals surface area (Å²) in [6, 6.07) is 6.04. The fourth-order valence-electron chi connectivity index (χ4n) is 2.89. The van der Waals surface area contributed by atoms with Crippen LogP contribution in [0.3, 0.4) is 0 Å². The average Bonchev–Trinajstić information content (AvgIpc) is 2.74. The smallest absolute Gasteiger partial charge is 0.325 e. The molecule has 0 aliphatic heterocycles. The summed E-state index contributed by atoms with van der Waals surface area (Å²) in [7, 11) is -2.51. The first-order chi connectivity index (χ1) is 9.94. The van der Waals surface area contributed by atoms with Gasteiger partial charge < -0.3 is 9.84 Å². The number of methoxy groups -OCH3 is 1. The van der Waals surface area contributed by atoms with Crippen LogP contribution in [0.15, 0.2) is 29.2 Å². The average molecular weight is 312 g/mol. The summed E-state index contributed by atoms with van der Waals surface area (Å²) < 4.78 is 29.2. The van der Waals surface area contributed by atoms with E-state index in [1.165, 1.54) is 19.2 Å². The number of carboxylic acids is 1. The molecule has 6 heteroatoms. The van der Waals surface area contributed by atoms with Crippen LogP contribution in [0.4, 0.5) is 0 Å². The van der Waals surface area contributed by atoms with Crippen LogP contribution in [0, 0.1) is 0 Å². The molecule has 1 N–H and O–H groups in total. The van der Waals surface area contributed by atoms with Crippen molar-refractivity contribution in [3.63, 3.8) is 0 Å². The van der Waals surface area contributed by atoms with Gasteiger partial charge in [-0.1, -0.05) is 31.7 Å². The predicted molar refractivity (Wildman–Crippen MR) is 78.2 cm³/mol. The Balaban J connectivity index is 2.54. The third kappa shape index (κ3) is 2.77. The summed E-state index contributed by atoms with van der Waals surface area (Å²) >= 11 is 0. The van der Waals surface area contributed by atoms with E-state index in [1.807, 2.05) is 0 Å². The summed E-state index contributed by atoms with van der Waals surface area (Å²) in [6.07, 6.45) is 3.33. The summed E-state index contributed by atoms with van der Waals surface area (Å²) in [5.74, 6) is -0.836. The first-order valence-electron chi connectivity index (χ1n) is 7.06. The topological polar surface area (TPSA) is 80.7 Å². The van der Waals surface area contributed by atoms with E-state index in [2.05, 4.69) is 0 Å². The molecule has 0 heterocycles.